The minimum Gasteiger partial charge on any atom is -0.467 e. The molecule has 1 aromatic carbocycles. The van der Waals surface area contributed by atoms with Gasteiger partial charge in [0.2, 0.25) is 0 Å². The van der Waals surface area contributed by atoms with Crippen LogP contribution in [0.3, 0.4) is 0 Å². The highest BCUT2D eigenvalue weighted by atomic mass is 79.9. The zero-order valence-corrected chi connectivity index (χ0v) is 12.7. The van der Waals surface area contributed by atoms with Crippen molar-refractivity contribution in [3.8, 4) is 0 Å². The first-order valence-electron chi connectivity index (χ1n) is 5.80. The van der Waals surface area contributed by atoms with Gasteiger partial charge in [0.05, 0.1) is 12.7 Å². The van der Waals surface area contributed by atoms with E-state index in [1.165, 1.54) is 7.11 Å². The van der Waals surface area contributed by atoms with E-state index in [1.54, 1.807) is 18.2 Å². The van der Waals surface area contributed by atoms with Crippen molar-refractivity contribution in [1.29, 1.82) is 0 Å². The number of methoxy groups -OCH3 is 1. The molecule has 1 unspecified atom stereocenters. The Morgan fingerprint density at radius 1 is 1.37 bits per heavy atom. The summed E-state index contributed by atoms with van der Waals surface area (Å²) in [6, 6.07) is 4.48. The third-order valence-electron chi connectivity index (χ3n) is 2.68. The lowest BCUT2D eigenvalue weighted by molar-refractivity contribution is -0.142. The molecule has 1 atom stereocenters. The molecule has 0 bridgehead atoms. The second kappa shape index (κ2) is 6.56. The number of primary amides is 1. The number of benzene rings is 1. The Labute approximate surface area is 120 Å². The predicted octanol–water partition coefficient (Wildman–Crippen LogP) is 2.16. The van der Waals surface area contributed by atoms with E-state index in [-0.39, 0.29) is 11.9 Å². The monoisotopic (exact) mass is 328 g/mol. The average Bonchev–Trinajstić information content (AvgIpc) is 2.34. The number of hydrogen-bond donors (Lipinski definition) is 2. The normalized spacial score (nSPS) is 12.1. The number of carbonyl (C=O) groups is 2. The molecule has 0 saturated heterocycles. The Balaban J connectivity index is 3.11. The molecular formula is C13H17BrN2O3. The van der Waals surface area contributed by atoms with Gasteiger partial charge in [-0.3, -0.25) is 4.79 Å². The van der Waals surface area contributed by atoms with Gasteiger partial charge in [0.1, 0.15) is 6.04 Å². The summed E-state index contributed by atoms with van der Waals surface area (Å²) in [5.41, 5.74) is 6.15. The van der Waals surface area contributed by atoms with Crippen LogP contribution in [0.5, 0.6) is 0 Å². The minimum absolute atomic E-state index is 0.00663. The van der Waals surface area contributed by atoms with Crippen molar-refractivity contribution in [3.05, 3.63) is 28.2 Å². The van der Waals surface area contributed by atoms with Crippen LogP contribution in [0.25, 0.3) is 0 Å². The zero-order valence-electron chi connectivity index (χ0n) is 11.1. The van der Waals surface area contributed by atoms with Crippen molar-refractivity contribution in [2.24, 2.45) is 11.7 Å². The number of rotatable bonds is 5. The lowest BCUT2D eigenvalue weighted by atomic mass is 10.0. The summed E-state index contributed by atoms with van der Waals surface area (Å²) in [5, 5.41) is 3.01. The smallest absolute Gasteiger partial charge is 0.328 e. The molecule has 0 aromatic heterocycles. The number of halogens is 1. The molecule has 0 saturated carbocycles. The maximum absolute atomic E-state index is 11.7. The molecule has 3 N–H and O–H groups in total. The van der Waals surface area contributed by atoms with Crippen LogP contribution in [0.1, 0.15) is 24.2 Å². The summed E-state index contributed by atoms with van der Waals surface area (Å²) < 4.78 is 5.53. The Kier molecular flexibility index (Phi) is 5.35. The number of hydrogen-bond acceptors (Lipinski definition) is 4. The summed E-state index contributed by atoms with van der Waals surface area (Å²) in [6.45, 7) is 3.77. The van der Waals surface area contributed by atoms with Crippen molar-refractivity contribution < 1.29 is 14.3 Å². The summed E-state index contributed by atoms with van der Waals surface area (Å²) in [5.74, 6) is -0.931. The van der Waals surface area contributed by atoms with E-state index in [0.29, 0.717) is 11.3 Å². The summed E-state index contributed by atoms with van der Waals surface area (Å²) >= 11 is 3.32. The molecule has 0 fully saturated rings. The van der Waals surface area contributed by atoms with E-state index < -0.39 is 11.9 Å². The molecule has 0 aliphatic heterocycles. The molecule has 1 rings (SSSR count). The van der Waals surface area contributed by atoms with E-state index >= 15 is 0 Å². The highest BCUT2D eigenvalue weighted by Crippen LogP contribution is 2.23. The standard InChI is InChI=1S/C13H17BrN2O3/c1-7(2)11(13(18)19-3)16-10-6-8(14)4-5-9(10)12(15)17/h4-7,11,16H,1-3H3,(H2,15,17). The highest BCUT2D eigenvalue weighted by molar-refractivity contribution is 9.10. The van der Waals surface area contributed by atoms with Gasteiger partial charge in [0.15, 0.2) is 0 Å². The highest BCUT2D eigenvalue weighted by Gasteiger charge is 2.24. The van der Waals surface area contributed by atoms with E-state index in [1.807, 2.05) is 13.8 Å². The minimum atomic E-state index is -0.553. The van der Waals surface area contributed by atoms with E-state index in [4.69, 9.17) is 10.5 Å². The quantitative estimate of drug-likeness (QED) is 0.811. The van der Waals surface area contributed by atoms with Crippen molar-refractivity contribution in [2.75, 3.05) is 12.4 Å². The fourth-order valence-corrected chi connectivity index (χ4v) is 2.00. The van der Waals surface area contributed by atoms with E-state index in [2.05, 4.69) is 21.2 Å². The number of ether oxygens (including phenoxy) is 1. The zero-order chi connectivity index (χ0) is 14.6. The molecular weight excluding hydrogens is 312 g/mol. The maximum Gasteiger partial charge on any atom is 0.328 e. The van der Waals surface area contributed by atoms with Crippen molar-refractivity contribution in [2.45, 2.75) is 19.9 Å². The second-order valence-electron chi connectivity index (χ2n) is 4.44. The number of carbonyl (C=O) groups excluding carboxylic acids is 2. The fraction of sp³-hybridized carbons (Fsp3) is 0.385. The molecule has 19 heavy (non-hydrogen) atoms. The van der Waals surface area contributed by atoms with Gasteiger partial charge in [-0.2, -0.15) is 0 Å². The van der Waals surface area contributed by atoms with Crippen molar-refractivity contribution in [3.63, 3.8) is 0 Å². The Bertz CT molecular complexity index is 489. The average molecular weight is 329 g/mol. The van der Waals surface area contributed by atoms with Crippen LogP contribution >= 0.6 is 15.9 Å². The molecule has 104 valence electrons. The van der Waals surface area contributed by atoms with Gasteiger partial charge in [-0.05, 0) is 24.1 Å². The van der Waals surface area contributed by atoms with Crippen molar-refractivity contribution >= 4 is 33.5 Å². The third kappa shape index (κ3) is 3.96. The van der Waals surface area contributed by atoms with Crippen LogP contribution in [0.15, 0.2) is 22.7 Å². The molecule has 0 aliphatic carbocycles. The molecule has 1 amide bonds. The van der Waals surface area contributed by atoms with Crippen LogP contribution in [-0.4, -0.2) is 25.0 Å². The van der Waals surface area contributed by atoms with Gasteiger partial charge in [-0.15, -0.1) is 0 Å². The predicted molar refractivity (Wildman–Crippen MR) is 76.9 cm³/mol. The molecule has 0 aliphatic rings. The maximum atomic E-state index is 11.7. The first-order valence-corrected chi connectivity index (χ1v) is 6.59. The van der Waals surface area contributed by atoms with Crippen molar-refractivity contribution in [1.82, 2.24) is 0 Å². The lowest BCUT2D eigenvalue weighted by Gasteiger charge is -2.22. The lowest BCUT2D eigenvalue weighted by Crippen LogP contribution is -2.36. The van der Waals surface area contributed by atoms with Crippen LogP contribution < -0.4 is 11.1 Å². The van der Waals surface area contributed by atoms with E-state index in [9.17, 15) is 9.59 Å². The summed E-state index contributed by atoms with van der Waals surface area (Å²) in [7, 11) is 1.33. The molecule has 0 spiro atoms. The van der Waals surface area contributed by atoms with Crippen LogP contribution in [0.4, 0.5) is 5.69 Å². The van der Waals surface area contributed by atoms with Gasteiger partial charge in [0, 0.05) is 10.2 Å². The van der Waals surface area contributed by atoms with Crippen LogP contribution in [0.2, 0.25) is 0 Å². The Morgan fingerprint density at radius 3 is 2.47 bits per heavy atom. The summed E-state index contributed by atoms with van der Waals surface area (Å²) in [4.78, 5) is 23.1. The third-order valence-corrected chi connectivity index (χ3v) is 3.17. The molecule has 1 aromatic rings. The molecule has 0 heterocycles. The van der Waals surface area contributed by atoms with Gasteiger partial charge < -0.3 is 15.8 Å². The first-order chi connectivity index (χ1) is 8.86. The topological polar surface area (TPSA) is 81.4 Å². The Hall–Kier alpha value is -1.56. The van der Waals surface area contributed by atoms with Gasteiger partial charge in [-0.25, -0.2) is 4.79 Å². The van der Waals surface area contributed by atoms with Crippen LogP contribution in [-0.2, 0) is 9.53 Å². The molecule has 0 radical (unpaired) electrons. The largest absolute Gasteiger partial charge is 0.467 e. The van der Waals surface area contributed by atoms with Gasteiger partial charge >= 0.3 is 5.97 Å². The van der Waals surface area contributed by atoms with Gasteiger partial charge in [0.25, 0.3) is 5.91 Å². The summed E-state index contributed by atoms with van der Waals surface area (Å²) in [6.07, 6.45) is 0. The van der Waals surface area contributed by atoms with Crippen LogP contribution in [0, 0.1) is 5.92 Å². The van der Waals surface area contributed by atoms with Gasteiger partial charge in [-0.1, -0.05) is 29.8 Å². The number of nitrogens with two attached hydrogens (primary N) is 1. The Morgan fingerprint density at radius 2 is 2.00 bits per heavy atom. The number of anilines is 1. The molecule has 5 nitrogen and oxygen atoms in total. The molecule has 6 heteroatoms. The first kappa shape index (κ1) is 15.5. The van der Waals surface area contributed by atoms with E-state index in [0.717, 1.165) is 4.47 Å². The fourth-order valence-electron chi connectivity index (χ4n) is 1.64. The SMILES string of the molecule is COC(=O)C(Nc1cc(Br)ccc1C(N)=O)C(C)C. The number of amides is 1. The second-order valence-corrected chi connectivity index (χ2v) is 5.36. The number of nitrogens with one attached hydrogen (secondary N) is 1. The number of esters is 1.